The zero-order valence-corrected chi connectivity index (χ0v) is 22.0. The number of alkyl halides is 1. The molecule has 2 fully saturated rings. The molecule has 6 heteroatoms. The summed E-state index contributed by atoms with van der Waals surface area (Å²) in [6, 6.07) is 25.6. The summed E-state index contributed by atoms with van der Waals surface area (Å²) >= 11 is 0. The van der Waals surface area contributed by atoms with Gasteiger partial charge in [0.25, 0.3) is 5.91 Å². The zero-order valence-electron chi connectivity index (χ0n) is 22.0. The van der Waals surface area contributed by atoms with Crippen molar-refractivity contribution in [3.63, 3.8) is 0 Å². The number of likely N-dealkylation sites (tertiary alicyclic amines) is 2. The van der Waals surface area contributed by atoms with Crippen molar-refractivity contribution in [3.05, 3.63) is 89.5 Å². The summed E-state index contributed by atoms with van der Waals surface area (Å²) in [7, 11) is 0. The van der Waals surface area contributed by atoms with Crippen molar-refractivity contribution in [1.82, 2.24) is 14.7 Å². The van der Waals surface area contributed by atoms with Gasteiger partial charge in [0.15, 0.2) is 5.67 Å². The Balaban J connectivity index is 1.06. The molecule has 3 aromatic carbocycles. The molecule has 5 nitrogen and oxygen atoms in total. The summed E-state index contributed by atoms with van der Waals surface area (Å²) in [5.41, 5.74) is 11.4. The lowest BCUT2D eigenvalue weighted by atomic mass is 9.90. The van der Waals surface area contributed by atoms with Crippen molar-refractivity contribution < 1.29 is 9.18 Å². The topological polar surface area (TPSA) is 52.8 Å². The number of hydrogen-bond donors (Lipinski definition) is 1. The number of nitrogen functional groups attached to an aromatic ring is 1. The molecule has 0 aromatic heterocycles. The Morgan fingerprint density at radius 3 is 2.05 bits per heavy atom. The van der Waals surface area contributed by atoms with Gasteiger partial charge < -0.3 is 10.6 Å². The smallest absolute Gasteiger partial charge is 0.260 e. The molecule has 3 aliphatic rings. The molecule has 2 saturated heterocycles. The van der Waals surface area contributed by atoms with Crippen LogP contribution in [0.1, 0.15) is 42.4 Å². The molecule has 6 rings (SSSR count). The Kier molecular flexibility index (Phi) is 6.93. The van der Waals surface area contributed by atoms with Crippen LogP contribution in [0, 0.1) is 0 Å². The highest BCUT2D eigenvalue weighted by atomic mass is 19.1. The van der Waals surface area contributed by atoms with E-state index in [-0.39, 0.29) is 18.7 Å². The number of benzene rings is 3. The second-order valence-corrected chi connectivity index (χ2v) is 11.2. The highest BCUT2D eigenvalue weighted by Gasteiger charge is 2.45. The number of hydrogen-bond acceptors (Lipinski definition) is 4. The number of amides is 1. The van der Waals surface area contributed by atoms with Gasteiger partial charge in [-0.1, -0.05) is 60.7 Å². The molecule has 0 atom stereocenters. The molecule has 3 aromatic rings. The Labute approximate surface area is 225 Å². The molecule has 0 spiro atoms. The van der Waals surface area contributed by atoms with E-state index in [1.54, 1.807) is 4.90 Å². The third kappa shape index (κ3) is 5.07. The molecule has 1 amide bonds. The van der Waals surface area contributed by atoms with Crippen molar-refractivity contribution in [3.8, 4) is 11.1 Å². The Bertz CT molecular complexity index is 1250. The normalized spacial score (nSPS) is 20.4. The van der Waals surface area contributed by atoms with E-state index in [9.17, 15) is 4.79 Å². The number of nitrogens with zero attached hydrogens (tertiary/aromatic N) is 3. The van der Waals surface area contributed by atoms with Gasteiger partial charge in [-0.15, -0.1) is 0 Å². The fraction of sp³-hybridized carbons (Fsp3) is 0.406. The molecule has 3 aliphatic heterocycles. The maximum atomic E-state index is 15.9. The number of halogens is 1. The highest BCUT2D eigenvalue weighted by Crippen LogP contribution is 2.35. The molecular formula is C32H37FN4O. The van der Waals surface area contributed by atoms with Crippen LogP contribution < -0.4 is 5.73 Å². The summed E-state index contributed by atoms with van der Waals surface area (Å²) in [5.74, 6) is -0.300. The third-order valence-corrected chi connectivity index (χ3v) is 8.73. The molecule has 3 heterocycles. The van der Waals surface area contributed by atoms with Gasteiger partial charge >= 0.3 is 0 Å². The number of rotatable bonds is 4. The van der Waals surface area contributed by atoms with E-state index in [4.69, 9.17) is 5.73 Å². The zero-order chi connectivity index (χ0) is 26.1. The maximum Gasteiger partial charge on any atom is 0.260 e. The molecule has 2 N–H and O–H groups in total. The summed E-state index contributed by atoms with van der Waals surface area (Å²) in [5, 5.41) is 0. The predicted octanol–water partition coefficient (Wildman–Crippen LogP) is 5.25. The van der Waals surface area contributed by atoms with Crippen LogP contribution in [-0.2, 0) is 24.4 Å². The summed E-state index contributed by atoms with van der Waals surface area (Å²) in [6.45, 7) is 4.96. The standard InChI is InChI=1S/C32H37FN4O/c33-32(14-18-35(19-15-32)21-24-6-5-9-27(34)20-24)31(38)36-16-12-28(13-17-36)37-22-25-7-1-3-10-29(25)30-11-4-2-8-26(30)23-37/h1-11,20,28H,12-19,21-23,34H2. The lowest BCUT2D eigenvalue weighted by molar-refractivity contribution is -0.149. The SMILES string of the molecule is Nc1cccc(CN2CCC(F)(C(=O)N3CCC(N4Cc5ccccc5-c5ccccc5C4)CC3)CC2)c1. The fourth-order valence-electron chi connectivity index (χ4n) is 6.54. The van der Waals surface area contributed by atoms with Crippen LogP contribution in [0.25, 0.3) is 11.1 Å². The minimum absolute atomic E-state index is 0.258. The van der Waals surface area contributed by atoms with Gasteiger partial charge in [0, 0.05) is 70.4 Å². The monoisotopic (exact) mass is 512 g/mol. The van der Waals surface area contributed by atoms with Gasteiger partial charge in [-0.3, -0.25) is 14.6 Å². The summed E-state index contributed by atoms with van der Waals surface area (Å²) < 4.78 is 15.9. The van der Waals surface area contributed by atoms with Gasteiger partial charge in [0.1, 0.15) is 0 Å². The van der Waals surface area contributed by atoms with Crippen molar-refractivity contribution in [1.29, 1.82) is 0 Å². The van der Waals surface area contributed by atoms with Crippen molar-refractivity contribution >= 4 is 11.6 Å². The molecule has 0 unspecified atom stereocenters. The van der Waals surface area contributed by atoms with Crippen molar-refractivity contribution in [2.75, 3.05) is 31.9 Å². The molecule has 0 saturated carbocycles. The molecular weight excluding hydrogens is 475 g/mol. The predicted molar refractivity (Wildman–Crippen MR) is 150 cm³/mol. The fourth-order valence-corrected chi connectivity index (χ4v) is 6.54. The lowest BCUT2D eigenvalue weighted by Crippen LogP contribution is -2.55. The Hall–Kier alpha value is -3.22. The van der Waals surface area contributed by atoms with Crippen LogP contribution >= 0.6 is 0 Å². The number of carbonyl (C=O) groups is 1. The van der Waals surface area contributed by atoms with Gasteiger partial charge in [-0.05, 0) is 52.8 Å². The Morgan fingerprint density at radius 1 is 0.842 bits per heavy atom. The second kappa shape index (κ2) is 10.5. The molecule has 0 bridgehead atoms. The number of fused-ring (bicyclic) bond motifs is 3. The average molecular weight is 513 g/mol. The van der Waals surface area contributed by atoms with Crippen LogP contribution in [0.5, 0.6) is 0 Å². The van der Waals surface area contributed by atoms with Crippen LogP contribution in [-0.4, -0.2) is 58.5 Å². The van der Waals surface area contributed by atoms with E-state index in [1.165, 1.54) is 22.3 Å². The first-order chi connectivity index (χ1) is 18.5. The minimum atomic E-state index is -1.75. The number of anilines is 1. The van der Waals surface area contributed by atoms with E-state index in [0.29, 0.717) is 32.2 Å². The quantitative estimate of drug-likeness (QED) is 0.486. The van der Waals surface area contributed by atoms with Crippen molar-refractivity contribution in [2.24, 2.45) is 0 Å². The molecule has 198 valence electrons. The van der Waals surface area contributed by atoms with Gasteiger partial charge in [-0.25, -0.2) is 4.39 Å². The average Bonchev–Trinajstić information content (AvgIpc) is 3.11. The van der Waals surface area contributed by atoms with Crippen LogP contribution in [0.15, 0.2) is 72.8 Å². The highest BCUT2D eigenvalue weighted by molar-refractivity contribution is 5.85. The maximum absolute atomic E-state index is 15.9. The van der Waals surface area contributed by atoms with Crippen LogP contribution in [0.3, 0.4) is 0 Å². The largest absolute Gasteiger partial charge is 0.399 e. The lowest BCUT2D eigenvalue weighted by Gasteiger charge is -2.42. The minimum Gasteiger partial charge on any atom is -0.399 e. The first kappa shape index (κ1) is 25.1. The van der Waals surface area contributed by atoms with Crippen LogP contribution in [0.4, 0.5) is 10.1 Å². The Morgan fingerprint density at radius 2 is 1.45 bits per heavy atom. The van der Waals surface area contributed by atoms with E-state index >= 15 is 4.39 Å². The van der Waals surface area contributed by atoms with Gasteiger partial charge in [0.2, 0.25) is 0 Å². The summed E-state index contributed by atoms with van der Waals surface area (Å²) in [6.07, 6.45) is 2.28. The summed E-state index contributed by atoms with van der Waals surface area (Å²) in [4.78, 5) is 19.9. The van der Waals surface area contributed by atoms with E-state index in [0.717, 1.165) is 43.7 Å². The van der Waals surface area contributed by atoms with E-state index in [1.807, 2.05) is 24.3 Å². The molecule has 38 heavy (non-hydrogen) atoms. The number of carbonyl (C=O) groups excluding carboxylic acids is 1. The third-order valence-electron chi connectivity index (χ3n) is 8.73. The first-order valence-electron chi connectivity index (χ1n) is 13.9. The molecule has 0 radical (unpaired) electrons. The van der Waals surface area contributed by atoms with Crippen molar-refractivity contribution in [2.45, 2.75) is 57.0 Å². The number of nitrogens with two attached hydrogens (primary N) is 1. The van der Waals surface area contributed by atoms with Gasteiger partial charge in [0.05, 0.1) is 0 Å². The van der Waals surface area contributed by atoms with Gasteiger partial charge in [-0.2, -0.15) is 0 Å². The molecule has 0 aliphatic carbocycles. The second-order valence-electron chi connectivity index (χ2n) is 11.2. The van der Waals surface area contributed by atoms with E-state index < -0.39 is 5.67 Å². The first-order valence-corrected chi connectivity index (χ1v) is 13.9. The number of piperidine rings is 2. The van der Waals surface area contributed by atoms with Crippen LogP contribution in [0.2, 0.25) is 0 Å². The van der Waals surface area contributed by atoms with E-state index in [2.05, 4.69) is 58.3 Å².